The number of imidazole rings is 1. The first-order valence-electron chi connectivity index (χ1n) is 13.7. The lowest BCUT2D eigenvalue weighted by Gasteiger charge is -2.35. The highest BCUT2D eigenvalue weighted by Gasteiger charge is 2.34. The van der Waals surface area contributed by atoms with Gasteiger partial charge in [-0.15, -0.1) is 0 Å². The zero-order chi connectivity index (χ0) is 29.3. The molecule has 1 saturated carbocycles. The number of hydrogen-bond acceptors (Lipinski definition) is 9. The highest BCUT2D eigenvalue weighted by molar-refractivity contribution is 5.84. The Labute approximate surface area is 238 Å². The average Bonchev–Trinajstić information content (AvgIpc) is 3.70. The van der Waals surface area contributed by atoms with Gasteiger partial charge in [0.15, 0.2) is 5.75 Å². The number of hydrogen-bond donors (Lipinski definition) is 3. The van der Waals surface area contributed by atoms with Crippen molar-refractivity contribution in [2.45, 2.75) is 32.0 Å². The summed E-state index contributed by atoms with van der Waals surface area (Å²) >= 11 is 0. The van der Waals surface area contributed by atoms with Crippen LogP contribution in [0.3, 0.4) is 0 Å². The van der Waals surface area contributed by atoms with E-state index in [1.165, 1.54) is 11.1 Å². The van der Waals surface area contributed by atoms with Crippen molar-refractivity contribution in [3.8, 4) is 23.0 Å². The second-order valence-electron chi connectivity index (χ2n) is 10.6. The Morgan fingerprint density at radius 2 is 1.90 bits per heavy atom. The maximum Gasteiger partial charge on any atom is 0.397 e. The Morgan fingerprint density at radius 1 is 1.10 bits per heavy atom. The zero-order valence-electron chi connectivity index (χ0n) is 22.6. The fourth-order valence-electron chi connectivity index (χ4n) is 4.79. The normalized spacial score (nSPS) is 16.1. The number of benzene rings is 1. The van der Waals surface area contributed by atoms with E-state index in [2.05, 4.69) is 35.1 Å². The molecule has 4 heterocycles. The summed E-state index contributed by atoms with van der Waals surface area (Å²) < 4.78 is 43.3. The molecule has 1 aromatic carbocycles. The molecule has 0 spiro atoms. The molecular formula is C28H29F3N8O3. The topological polar surface area (TPSA) is 132 Å². The summed E-state index contributed by atoms with van der Waals surface area (Å²) in [6.07, 6.45) is -0.618. The van der Waals surface area contributed by atoms with E-state index in [0.29, 0.717) is 60.7 Å². The summed E-state index contributed by atoms with van der Waals surface area (Å²) in [6, 6.07) is 9.44. The second kappa shape index (κ2) is 11.4. The van der Waals surface area contributed by atoms with Crippen molar-refractivity contribution >= 4 is 28.7 Å². The number of halogens is 3. The molecule has 1 amide bonds. The molecule has 0 atom stereocenters. The number of carbonyl (C=O) groups excluding carboxylic acids is 1. The number of nitrogens with one attached hydrogen (secondary N) is 2. The number of aromatic hydroxyl groups is 1. The number of pyridine rings is 1. The van der Waals surface area contributed by atoms with Crippen molar-refractivity contribution in [2.75, 3.05) is 38.1 Å². The third kappa shape index (κ3) is 6.87. The zero-order valence-corrected chi connectivity index (χ0v) is 22.6. The highest BCUT2D eigenvalue weighted by Crippen LogP contribution is 2.32. The van der Waals surface area contributed by atoms with E-state index in [1.807, 2.05) is 30.3 Å². The summed E-state index contributed by atoms with van der Waals surface area (Å²) in [4.78, 5) is 35.9. The van der Waals surface area contributed by atoms with Crippen LogP contribution in [-0.4, -0.2) is 84.7 Å². The first kappa shape index (κ1) is 27.7. The van der Waals surface area contributed by atoms with E-state index in [1.54, 1.807) is 6.20 Å². The number of ether oxygens (including phenoxy) is 1. The second-order valence-corrected chi connectivity index (χ2v) is 10.6. The standard InChI is InChI=1S/C28H29F3N8O3/c29-28(30,31)13-24(41)39-9-7-38(8-10-39)15-18-5-6-32-23(11-18)36-26-34-20-4-3-19(12-21(20)35-26)25-22(40)14-33-27(37-25)42-16-17-1-2-17/h3-6,11-12,14,17,40H,1-2,7-10,13,15-16H2,(H2,32,34,35,36). The maximum atomic E-state index is 12.5. The Bertz CT molecular complexity index is 1580. The van der Waals surface area contributed by atoms with E-state index < -0.39 is 18.5 Å². The molecule has 0 radical (unpaired) electrons. The molecule has 220 valence electrons. The van der Waals surface area contributed by atoms with Gasteiger partial charge in [-0.3, -0.25) is 9.69 Å². The van der Waals surface area contributed by atoms with E-state index in [4.69, 9.17) is 4.74 Å². The molecule has 3 N–H and O–H groups in total. The van der Waals surface area contributed by atoms with Crippen LogP contribution in [0, 0.1) is 5.92 Å². The average molecular weight is 583 g/mol. The number of H-pyrrole nitrogens is 1. The Kier molecular flexibility index (Phi) is 7.54. The van der Waals surface area contributed by atoms with E-state index in [-0.39, 0.29) is 24.8 Å². The van der Waals surface area contributed by atoms with Crippen LogP contribution < -0.4 is 10.1 Å². The van der Waals surface area contributed by atoms with Crippen LogP contribution in [0.1, 0.15) is 24.8 Å². The first-order chi connectivity index (χ1) is 20.2. The molecule has 0 bridgehead atoms. The van der Waals surface area contributed by atoms with Gasteiger partial charge in [0, 0.05) is 44.5 Å². The lowest BCUT2D eigenvalue weighted by Crippen LogP contribution is -2.49. The summed E-state index contributed by atoms with van der Waals surface area (Å²) in [7, 11) is 0. The van der Waals surface area contributed by atoms with Gasteiger partial charge in [-0.2, -0.15) is 23.1 Å². The molecule has 42 heavy (non-hydrogen) atoms. The minimum atomic E-state index is -4.50. The number of aromatic nitrogens is 5. The number of fused-ring (bicyclic) bond motifs is 1. The van der Waals surface area contributed by atoms with Gasteiger partial charge in [-0.25, -0.2) is 9.97 Å². The Hall–Kier alpha value is -4.46. The molecule has 4 aromatic rings. The molecule has 1 saturated heterocycles. The predicted octanol–water partition coefficient (Wildman–Crippen LogP) is 4.25. The molecule has 11 nitrogen and oxygen atoms in total. The van der Waals surface area contributed by atoms with Crippen LogP contribution in [0.5, 0.6) is 11.8 Å². The monoisotopic (exact) mass is 582 g/mol. The Morgan fingerprint density at radius 3 is 2.67 bits per heavy atom. The summed E-state index contributed by atoms with van der Waals surface area (Å²) in [5, 5.41) is 13.6. The smallest absolute Gasteiger partial charge is 0.397 e. The fourth-order valence-corrected chi connectivity index (χ4v) is 4.79. The van der Waals surface area contributed by atoms with E-state index in [9.17, 15) is 23.1 Å². The van der Waals surface area contributed by atoms with Crippen molar-refractivity contribution in [3.63, 3.8) is 0 Å². The van der Waals surface area contributed by atoms with E-state index >= 15 is 0 Å². The van der Waals surface area contributed by atoms with Crippen molar-refractivity contribution in [1.82, 2.24) is 34.7 Å². The highest BCUT2D eigenvalue weighted by atomic mass is 19.4. The van der Waals surface area contributed by atoms with Crippen molar-refractivity contribution in [1.29, 1.82) is 0 Å². The van der Waals surface area contributed by atoms with Gasteiger partial charge in [0.2, 0.25) is 11.9 Å². The third-order valence-corrected chi connectivity index (χ3v) is 7.20. The van der Waals surface area contributed by atoms with Gasteiger partial charge in [-0.05, 0) is 48.6 Å². The number of carbonyl (C=O) groups is 1. The van der Waals surface area contributed by atoms with Crippen LogP contribution in [0.4, 0.5) is 24.9 Å². The van der Waals surface area contributed by atoms with Crippen LogP contribution in [0.15, 0.2) is 42.7 Å². The van der Waals surface area contributed by atoms with Gasteiger partial charge < -0.3 is 25.0 Å². The van der Waals surface area contributed by atoms with Gasteiger partial charge in [0.05, 0.1) is 23.8 Å². The van der Waals surface area contributed by atoms with Crippen LogP contribution >= 0.6 is 0 Å². The van der Waals surface area contributed by atoms with Crippen LogP contribution in [0.2, 0.25) is 0 Å². The molecule has 0 unspecified atom stereocenters. The molecule has 3 aromatic heterocycles. The molecular weight excluding hydrogens is 553 g/mol. The summed E-state index contributed by atoms with van der Waals surface area (Å²) in [5.41, 5.74) is 3.42. The fraction of sp³-hybridized carbons (Fsp3) is 0.393. The predicted molar refractivity (Wildman–Crippen MR) is 147 cm³/mol. The molecule has 6 rings (SSSR count). The number of aromatic amines is 1. The minimum Gasteiger partial charge on any atom is -0.504 e. The molecule has 14 heteroatoms. The minimum absolute atomic E-state index is 0.0543. The van der Waals surface area contributed by atoms with Gasteiger partial charge in [0.1, 0.15) is 17.9 Å². The lowest BCUT2D eigenvalue weighted by molar-refractivity contribution is -0.162. The molecule has 2 aliphatic rings. The van der Waals surface area contributed by atoms with Gasteiger partial charge in [-0.1, -0.05) is 6.07 Å². The molecule has 1 aliphatic heterocycles. The lowest BCUT2D eigenvalue weighted by atomic mass is 10.1. The maximum absolute atomic E-state index is 12.5. The first-order valence-corrected chi connectivity index (χ1v) is 13.7. The van der Waals surface area contributed by atoms with Gasteiger partial charge >= 0.3 is 12.2 Å². The Balaban J connectivity index is 1.09. The number of alkyl halides is 3. The largest absolute Gasteiger partial charge is 0.504 e. The quantitative estimate of drug-likeness (QED) is 0.265. The third-order valence-electron chi connectivity index (χ3n) is 7.20. The summed E-state index contributed by atoms with van der Waals surface area (Å²) in [5.74, 6) is 0.657. The van der Waals surface area contributed by atoms with E-state index in [0.717, 1.165) is 23.9 Å². The number of piperazine rings is 1. The number of amides is 1. The molecule has 1 aliphatic carbocycles. The number of nitrogens with zero attached hydrogens (tertiary/aromatic N) is 6. The number of rotatable bonds is 9. The van der Waals surface area contributed by atoms with Crippen LogP contribution in [0.25, 0.3) is 22.3 Å². The van der Waals surface area contributed by atoms with Crippen molar-refractivity contribution in [2.24, 2.45) is 5.92 Å². The summed E-state index contributed by atoms with van der Waals surface area (Å²) in [6.45, 7) is 2.61. The SMILES string of the molecule is O=C(CC(F)(F)F)N1CCN(Cc2ccnc(Nc3nc4ccc(-c5nc(OCC6CC6)ncc5O)cc4[nH]3)c2)CC1. The molecule has 2 fully saturated rings. The number of anilines is 2. The van der Waals surface area contributed by atoms with Crippen LogP contribution in [-0.2, 0) is 11.3 Å². The van der Waals surface area contributed by atoms with Crippen molar-refractivity contribution in [3.05, 3.63) is 48.3 Å². The van der Waals surface area contributed by atoms with Crippen molar-refractivity contribution < 1.29 is 27.8 Å². The van der Waals surface area contributed by atoms with Gasteiger partial charge in [0.25, 0.3) is 0 Å².